The van der Waals surface area contributed by atoms with Gasteiger partial charge < -0.3 is 9.67 Å². The van der Waals surface area contributed by atoms with Gasteiger partial charge in [-0.1, -0.05) is 31.0 Å². The number of unbranched alkanes of at least 4 members (excludes halogenated alkanes) is 1. The molecule has 0 aliphatic heterocycles. The summed E-state index contributed by atoms with van der Waals surface area (Å²) in [5, 5.41) is 10.5. The number of nitrogens with zero attached hydrogens (tertiary/aromatic N) is 1. The van der Waals surface area contributed by atoms with E-state index in [2.05, 4.69) is 30.5 Å². The van der Waals surface area contributed by atoms with Gasteiger partial charge >= 0.3 is 5.97 Å². The zero-order valence-corrected chi connectivity index (χ0v) is 13.4. The molecule has 2 rings (SSSR count). The number of aromatic nitrogens is 1. The second-order valence-corrected chi connectivity index (χ2v) is 5.72. The number of halogens is 1. The summed E-state index contributed by atoms with van der Waals surface area (Å²) < 4.78 is 2.09. The van der Waals surface area contributed by atoms with Crippen LogP contribution >= 0.6 is 11.6 Å². The standard InChI is InChI=1S/C17H20ClNO2/c1-4-5-8-19-14-10-11(2)9-12(3)16(14)13(17(19)18)6-7-15(20)21/h6-7,9-10H,4-5,8H2,1-3H3,(H,20,21)/b7-6+. The van der Waals surface area contributed by atoms with Crippen LogP contribution in [0.5, 0.6) is 0 Å². The number of rotatable bonds is 5. The summed E-state index contributed by atoms with van der Waals surface area (Å²) in [6, 6.07) is 4.21. The summed E-state index contributed by atoms with van der Waals surface area (Å²) in [6.07, 6.45) is 4.86. The lowest BCUT2D eigenvalue weighted by Crippen LogP contribution is -1.97. The van der Waals surface area contributed by atoms with E-state index < -0.39 is 5.97 Å². The van der Waals surface area contributed by atoms with Gasteiger partial charge in [-0.15, -0.1) is 0 Å². The van der Waals surface area contributed by atoms with E-state index in [0.717, 1.165) is 47.5 Å². The lowest BCUT2D eigenvalue weighted by atomic mass is 10.0. The Morgan fingerprint density at radius 3 is 2.71 bits per heavy atom. The van der Waals surface area contributed by atoms with Gasteiger partial charge in [0.25, 0.3) is 0 Å². The summed E-state index contributed by atoms with van der Waals surface area (Å²) in [5.74, 6) is -0.967. The van der Waals surface area contributed by atoms with Gasteiger partial charge in [-0.05, 0) is 43.5 Å². The average molecular weight is 306 g/mol. The zero-order valence-electron chi connectivity index (χ0n) is 12.6. The molecule has 0 unspecified atom stereocenters. The van der Waals surface area contributed by atoms with E-state index in [1.807, 2.05) is 6.92 Å². The molecule has 4 heteroatoms. The van der Waals surface area contributed by atoms with Crippen molar-refractivity contribution in [1.29, 1.82) is 0 Å². The maximum atomic E-state index is 10.8. The van der Waals surface area contributed by atoms with Gasteiger partial charge in [0.15, 0.2) is 0 Å². The number of hydrogen-bond acceptors (Lipinski definition) is 1. The number of benzene rings is 1. The van der Waals surface area contributed by atoms with Crippen molar-refractivity contribution in [3.05, 3.63) is 40.1 Å². The molecule has 0 aliphatic carbocycles. The van der Waals surface area contributed by atoms with Gasteiger partial charge in [0.05, 0.1) is 5.52 Å². The Hall–Kier alpha value is -1.74. The van der Waals surface area contributed by atoms with Crippen LogP contribution in [0.4, 0.5) is 0 Å². The van der Waals surface area contributed by atoms with Crippen LogP contribution in [-0.2, 0) is 11.3 Å². The molecule has 0 saturated carbocycles. The molecular weight excluding hydrogens is 286 g/mol. The topological polar surface area (TPSA) is 42.2 Å². The summed E-state index contributed by atoms with van der Waals surface area (Å²) in [6.45, 7) is 7.08. The van der Waals surface area contributed by atoms with Crippen molar-refractivity contribution >= 4 is 34.5 Å². The summed E-state index contributed by atoms with van der Waals surface area (Å²) in [4.78, 5) is 10.8. The largest absolute Gasteiger partial charge is 0.478 e. The molecule has 2 aromatic rings. The maximum absolute atomic E-state index is 10.8. The number of aliphatic carboxylic acids is 1. The first-order chi connectivity index (χ1) is 9.95. The molecule has 112 valence electrons. The molecule has 1 aromatic carbocycles. The Balaban J connectivity index is 2.72. The van der Waals surface area contributed by atoms with Crippen LogP contribution in [0.25, 0.3) is 17.0 Å². The first-order valence-electron chi connectivity index (χ1n) is 7.15. The molecular formula is C17H20ClNO2. The van der Waals surface area contributed by atoms with E-state index in [9.17, 15) is 4.79 Å². The molecule has 3 nitrogen and oxygen atoms in total. The van der Waals surface area contributed by atoms with Crippen molar-refractivity contribution in [3.8, 4) is 0 Å². The predicted molar refractivity (Wildman–Crippen MR) is 88.0 cm³/mol. The van der Waals surface area contributed by atoms with Crippen LogP contribution in [0.3, 0.4) is 0 Å². The number of carboxylic acids is 1. The van der Waals surface area contributed by atoms with E-state index in [0.29, 0.717) is 5.15 Å². The van der Waals surface area contributed by atoms with Crippen molar-refractivity contribution in [1.82, 2.24) is 4.57 Å². The molecule has 0 fully saturated rings. The molecule has 0 radical (unpaired) electrons. The van der Waals surface area contributed by atoms with Crippen molar-refractivity contribution in [3.63, 3.8) is 0 Å². The van der Waals surface area contributed by atoms with Gasteiger partial charge in [-0.2, -0.15) is 0 Å². The van der Waals surface area contributed by atoms with Crippen molar-refractivity contribution in [2.75, 3.05) is 0 Å². The van der Waals surface area contributed by atoms with Gasteiger partial charge in [0, 0.05) is 23.6 Å². The minimum absolute atomic E-state index is 0.615. The van der Waals surface area contributed by atoms with Gasteiger partial charge in [-0.3, -0.25) is 0 Å². The summed E-state index contributed by atoms with van der Waals surface area (Å²) in [5.41, 5.74) is 4.17. The van der Waals surface area contributed by atoms with Crippen LogP contribution in [0.2, 0.25) is 5.15 Å². The third-order valence-corrected chi connectivity index (χ3v) is 4.01. The second-order valence-electron chi connectivity index (χ2n) is 5.36. The minimum atomic E-state index is -0.967. The third-order valence-electron chi connectivity index (χ3n) is 3.61. The number of carbonyl (C=O) groups is 1. The molecule has 1 heterocycles. The Morgan fingerprint density at radius 2 is 2.10 bits per heavy atom. The molecule has 1 aromatic heterocycles. The van der Waals surface area contributed by atoms with Crippen LogP contribution in [0, 0.1) is 13.8 Å². The normalized spacial score (nSPS) is 11.6. The molecule has 0 bridgehead atoms. The van der Waals surface area contributed by atoms with E-state index in [1.165, 1.54) is 5.56 Å². The van der Waals surface area contributed by atoms with Crippen LogP contribution in [-0.4, -0.2) is 15.6 Å². The van der Waals surface area contributed by atoms with E-state index in [1.54, 1.807) is 6.08 Å². The van der Waals surface area contributed by atoms with Crippen molar-refractivity contribution in [2.45, 2.75) is 40.2 Å². The number of hydrogen-bond donors (Lipinski definition) is 1. The Labute approximate surface area is 129 Å². The minimum Gasteiger partial charge on any atom is -0.478 e. The number of fused-ring (bicyclic) bond motifs is 1. The monoisotopic (exact) mass is 305 g/mol. The van der Waals surface area contributed by atoms with E-state index in [-0.39, 0.29) is 0 Å². The fourth-order valence-corrected chi connectivity index (χ4v) is 3.04. The Morgan fingerprint density at radius 1 is 1.38 bits per heavy atom. The Bertz CT molecular complexity index is 713. The Kier molecular flexibility index (Phi) is 4.73. The third kappa shape index (κ3) is 3.13. The quantitative estimate of drug-likeness (QED) is 0.805. The average Bonchev–Trinajstić information content (AvgIpc) is 2.66. The first-order valence-corrected chi connectivity index (χ1v) is 7.53. The highest BCUT2D eigenvalue weighted by molar-refractivity contribution is 6.33. The van der Waals surface area contributed by atoms with Gasteiger partial charge in [0.1, 0.15) is 5.15 Å². The van der Waals surface area contributed by atoms with Gasteiger partial charge in [0.2, 0.25) is 0 Å². The zero-order chi connectivity index (χ0) is 15.6. The van der Waals surface area contributed by atoms with E-state index >= 15 is 0 Å². The highest BCUT2D eigenvalue weighted by Crippen LogP contribution is 2.34. The number of carboxylic acid groups (broad SMARTS) is 1. The van der Waals surface area contributed by atoms with Crippen molar-refractivity contribution in [2.24, 2.45) is 0 Å². The number of aryl methyl sites for hydroxylation is 3. The van der Waals surface area contributed by atoms with Crippen LogP contribution in [0.15, 0.2) is 18.2 Å². The highest BCUT2D eigenvalue weighted by atomic mass is 35.5. The van der Waals surface area contributed by atoms with Crippen molar-refractivity contribution < 1.29 is 9.90 Å². The summed E-state index contributed by atoms with van der Waals surface area (Å²) >= 11 is 6.51. The smallest absolute Gasteiger partial charge is 0.328 e. The lowest BCUT2D eigenvalue weighted by molar-refractivity contribution is -0.131. The summed E-state index contributed by atoms with van der Waals surface area (Å²) in [7, 11) is 0. The molecule has 0 aliphatic rings. The maximum Gasteiger partial charge on any atom is 0.328 e. The molecule has 0 spiro atoms. The van der Waals surface area contributed by atoms with Crippen LogP contribution < -0.4 is 0 Å². The molecule has 0 amide bonds. The first kappa shape index (κ1) is 15.6. The SMILES string of the molecule is CCCCn1c(Cl)c(/C=C/C(=O)O)c2c(C)cc(C)cc21. The van der Waals surface area contributed by atoms with E-state index in [4.69, 9.17) is 16.7 Å². The molecule has 21 heavy (non-hydrogen) atoms. The fraction of sp³-hybridized carbons (Fsp3) is 0.353. The lowest BCUT2D eigenvalue weighted by Gasteiger charge is -2.07. The van der Waals surface area contributed by atoms with Crippen LogP contribution in [0.1, 0.15) is 36.5 Å². The second kappa shape index (κ2) is 6.35. The van der Waals surface area contributed by atoms with Gasteiger partial charge in [-0.25, -0.2) is 4.79 Å². The molecule has 0 saturated heterocycles. The predicted octanol–water partition coefficient (Wildman–Crippen LogP) is 4.81. The molecule has 0 atom stereocenters. The fourth-order valence-electron chi connectivity index (χ4n) is 2.70. The highest BCUT2D eigenvalue weighted by Gasteiger charge is 2.16. The molecule has 1 N–H and O–H groups in total.